The normalized spacial score (nSPS) is 34.2. The number of benzene rings is 1. The molecule has 0 unspecified atom stereocenters. The monoisotopic (exact) mass is 782 g/mol. The summed E-state index contributed by atoms with van der Waals surface area (Å²) in [4.78, 5) is 21.2. The Labute approximate surface area is 329 Å². The van der Waals surface area contributed by atoms with E-state index in [0.717, 1.165) is 88.2 Å². The highest BCUT2D eigenvalue weighted by Gasteiger charge is 2.50. The van der Waals surface area contributed by atoms with E-state index >= 15 is 0 Å². The zero-order valence-corrected chi connectivity index (χ0v) is 35.0. The van der Waals surface area contributed by atoms with Gasteiger partial charge in [-0.25, -0.2) is 13.1 Å². The van der Waals surface area contributed by atoms with Gasteiger partial charge < -0.3 is 14.4 Å². The molecule has 1 N–H and O–H groups in total. The first-order valence-corrected chi connectivity index (χ1v) is 22.2. The van der Waals surface area contributed by atoms with E-state index in [-0.39, 0.29) is 17.3 Å². The van der Waals surface area contributed by atoms with Crippen molar-refractivity contribution in [1.29, 1.82) is 0 Å². The molecule has 2 saturated carbocycles. The molecule has 0 aromatic heterocycles. The van der Waals surface area contributed by atoms with Crippen LogP contribution in [-0.4, -0.2) is 100 Å². The standard InChI is InChI=1S/C43H63ClN4O5S/c1-8-37(44)24-34-13-11-18-42(32(34)6)27-48-26-36-14-16-38(36)43(53-9-2,28-46-20-22-47(23-21-46)30(3)4)19-10-12-31(5)33(7)54(50,51)45-41(49)35-15-17-40(52-29-42)39(48)25-35/h8,10,15,17,19,24-25,30-31,33,36,38H,6,9,11-14,16,18,20-23,26-29H2,1-5,7H3,(H,45,49)/b19-10+,34-24-,37-8+/t31-,33+,36-,38+,42-,43-/m0/s1. The van der Waals surface area contributed by atoms with E-state index in [0.29, 0.717) is 54.5 Å². The summed E-state index contributed by atoms with van der Waals surface area (Å²) in [6.07, 6.45) is 13.9. The predicted octanol–water partition coefficient (Wildman–Crippen LogP) is 7.55. The van der Waals surface area contributed by atoms with Gasteiger partial charge in [-0.1, -0.05) is 43.3 Å². The van der Waals surface area contributed by atoms with Crippen molar-refractivity contribution < 1.29 is 22.7 Å². The Balaban J connectivity index is 1.42. The molecule has 54 heavy (non-hydrogen) atoms. The maximum atomic E-state index is 13.7. The molecule has 1 saturated heterocycles. The van der Waals surface area contributed by atoms with Crippen LogP contribution in [0, 0.1) is 23.2 Å². The van der Waals surface area contributed by atoms with Crippen LogP contribution in [-0.2, 0) is 14.8 Å². The summed E-state index contributed by atoms with van der Waals surface area (Å²) < 4.78 is 43.3. The second kappa shape index (κ2) is 16.8. The molecule has 6 rings (SSSR count). The molecule has 1 amide bonds. The molecule has 3 fully saturated rings. The Hall–Kier alpha value is -2.63. The fraction of sp³-hybridized carbons (Fsp3) is 0.651. The number of sulfonamides is 1. The van der Waals surface area contributed by atoms with Crippen molar-refractivity contribution in [3.63, 3.8) is 0 Å². The highest BCUT2D eigenvalue weighted by molar-refractivity contribution is 7.90. The number of rotatable bonds is 6. The Morgan fingerprint density at radius 1 is 1.19 bits per heavy atom. The van der Waals surface area contributed by atoms with Gasteiger partial charge in [0.1, 0.15) is 11.4 Å². The van der Waals surface area contributed by atoms with Gasteiger partial charge in [0.05, 0.1) is 17.5 Å². The summed E-state index contributed by atoms with van der Waals surface area (Å²) >= 11 is 6.54. The molecule has 0 radical (unpaired) electrons. The average molecular weight is 784 g/mol. The lowest BCUT2D eigenvalue weighted by molar-refractivity contribution is -0.113. The van der Waals surface area contributed by atoms with Crippen LogP contribution in [0.15, 0.2) is 65.3 Å². The van der Waals surface area contributed by atoms with Gasteiger partial charge in [-0.2, -0.15) is 0 Å². The van der Waals surface area contributed by atoms with Gasteiger partial charge in [-0.05, 0) is 126 Å². The number of ether oxygens (including phenoxy) is 2. The van der Waals surface area contributed by atoms with Crippen molar-refractivity contribution in [1.82, 2.24) is 14.5 Å². The van der Waals surface area contributed by atoms with E-state index < -0.39 is 26.8 Å². The number of amides is 1. The number of nitrogens with zero attached hydrogens (tertiary/aromatic N) is 3. The van der Waals surface area contributed by atoms with Crippen LogP contribution < -0.4 is 14.4 Å². The Bertz CT molecular complexity index is 1750. The SMILES string of the molecule is C=C1/C(=C\C(Cl)=C/C)CCC[C@]12COc1ccc3cc1N(C[C@@H]1CC[C@H]1[C@](CN1CCN(C(C)C)CC1)(OCC)/C=C/C[C@H](C)[C@@H](C)S(=O)(=O)NC3=O)C2. The summed E-state index contributed by atoms with van der Waals surface area (Å²) in [5.41, 5.74) is 2.43. The van der Waals surface area contributed by atoms with E-state index in [1.165, 1.54) is 0 Å². The largest absolute Gasteiger partial charge is 0.490 e. The van der Waals surface area contributed by atoms with Crippen LogP contribution in [0.3, 0.4) is 0 Å². The van der Waals surface area contributed by atoms with Crippen molar-refractivity contribution in [2.75, 3.05) is 63.9 Å². The predicted molar refractivity (Wildman–Crippen MR) is 220 cm³/mol. The van der Waals surface area contributed by atoms with Crippen molar-refractivity contribution in [2.45, 2.75) is 97.0 Å². The van der Waals surface area contributed by atoms with Crippen LogP contribution in [0.5, 0.6) is 5.75 Å². The zero-order chi connectivity index (χ0) is 38.8. The van der Waals surface area contributed by atoms with Gasteiger partial charge in [-0.3, -0.25) is 14.6 Å². The van der Waals surface area contributed by atoms with Gasteiger partial charge in [0, 0.05) is 74.5 Å². The van der Waals surface area contributed by atoms with E-state index in [2.05, 4.69) is 58.9 Å². The maximum Gasteiger partial charge on any atom is 0.264 e. The Kier molecular flexibility index (Phi) is 12.8. The van der Waals surface area contributed by atoms with Crippen LogP contribution in [0.25, 0.3) is 0 Å². The lowest BCUT2D eigenvalue weighted by atomic mass is 9.63. The van der Waals surface area contributed by atoms with E-state index in [9.17, 15) is 13.2 Å². The van der Waals surface area contributed by atoms with Crippen molar-refractivity contribution in [2.24, 2.45) is 23.2 Å². The molecule has 5 aliphatic rings. The average Bonchev–Trinajstić information content (AvgIpc) is 3.28. The van der Waals surface area contributed by atoms with Crippen molar-refractivity contribution >= 4 is 33.2 Å². The molecular weight excluding hydrogens is 720 g/mol. The zero-order valence-electron chi connectivity index (χ0n) is 33.4. The van der Waals surface area contributed by atoms with Crippen molar-refractivity contribution in [3.8, 4) is 5.75 Å². The third-order valence-corrected chi connectivity index (χ3v) is 15.5. The van der Waals surface area contributed by atoms with E-state index in [4.69, 9.17) is 21.1 Å². The van der Waals surface area contributed by atoms with Crippen LogP contribution in [0.2, 0.25) is 0 Å². The third kappa shape index (κ3) is 8.53. The van der Waals surface area contributed by atoms with E-state index in [1.54, 1.807) is 13.0 Å². The fourth-order valence-corrected chi connectivity index (χ4v) is 10.8. The molecule has 1 aromatic rings. The summed E-state index contributed by atoms with van der Waals surface area (Å²) in [6.45, 7) is 24.2. The molecule has 6 atom stereocenters. The minimum Gasteiger partial charge on any atom is -0.490 e. The second-order valence-electron chi connectivity index (χ2n) is 16.8. The number of halogens is 1. The smallest absolute Gasteiger partial charge is 0.264 e. The van der Waals surface area contributed by atoms with Gasteiger partial charge >= 0.3 is 0 Å². The topological polar surface area (TPSA) is 91.4 Å². The molecule has 298 valence electrons. The minimum atomic E-state index is -3.96. The summed E-state index contributed by atoms with van der Waals surface area (Å²) in [5, 5.41) is -0.0826. The highest BCUT2D eigenvalue weighted by atomic mass is 35.5. The number of carbonyl (C=O) groups excluding carboxylic acids is 1. The first-order valence-electron chi connectivity index (χ1n) is 20.3. The molecule has 2 bridgehead atoms. The molecule has 11 heteroatoms. The first kappa shape index (κ1) is 41.0. The number of hydrogen-bond acceptors (Lipinski definition) is 8. The van der Waals surface area contributed by atoms with Crippen LogP contribution >= 0.6 is 11.6 Å². The number of hydrogen-bond donors (Lipinski definition) is 1. The fourth-order valence-electron chi connectivity index (χ4n) is 9.43. The lowest BCUT2D eigenvalue weighted by Crippen LogP contribution is -2.59. The first-order chi connectivity index (χ1) is 25.7. The van der Waals surface area contributed by atoms with Crippen molar-refractivity contribution in [3.05, 3.63) is 70.8 Å². The molecule has 1 spiro atoms. The van der Waals surface area contributed by atoms with Crippen LogP contribution in [0.4, 0.5) is 5.69 Å². The molecular formula is C43H63ClN4O5S. The van der Waals surface area contributed by atoms with Crippen LogP contribution in [0.1, 0.15) is 90.4 Å². The Morgan fingerprint density at radius 2 is 1.94 bits per heavy atom. The number of allylic oxidation sites excluding steroid dienone is 5. The number of fused-ring (bicyclic) bond motifs is 2. The number of nitrogens with one attached hydrogen (secondary N) is 1. The molecule has 3 heterocycles. The Morgan fingerprint density at radius 3 is 2.61 bits per heavy atom. The maximum absolute atomic E-state index is 13.7. The number of carbonyl (C=O) groups is 1. The van der Waals surface area contributed by atoms with E-state index in [1.807, 2.05) is 38.1 Å². The summed E-state index contributed by atoms with van der Waals surface area (Å²) in [5.74, 6) is 0.436. The molecule has 3 aliphatic heterocycles. The summed E-state index contributed by atoms with van der Waals surface area (Å²) in [7, 11) is -3.96. The van der Waals surface area contributed by atoms with Gasteiger partial charge in [0.15, 0.2) is 0 Å². The number of anilines is 1. The quantitative estimate of drug-likeness (QED) is 0.296. The van der Waals surface area contributed by atoms with Gasteiger partial charge in [-0.15, -0.1) is 0 Å². The lowest BCUT2D eigenvalue weighted by Gasteiger charge is -2.53. The molecule has 2 aliphatic carbocycles. The summed E-state index contributed by atoms with van der Waals surface area (Å²) in [6, 6.07) is 5.86. The minimum absolute atomic E-state index is 0.220. The molecule has 9 nitrogen and oxygen atoms in total. The van der Waals surface area contributed by atoms with Gasteiger partial charge in [0.2, 0.25) is 10.0 Å². The second-order valence-corrected chi connectivity index (χ2v) is 19.3. The highest BCUT2D eigenvalue weighted by Crippen LogP contribution is 2.51. The molecule has 1 aromatic carbocycles. The van der Waals surface area contributed by atoms with Gasteiger partial charge in [0.25, 0.3) is 5.91 Å². The third-order valence-electron chi connectivity index (χ3n) is 13.2. The number of piperazine rings is 1.